The second-order valence-corrected chi connectivity index (χ2v) is 4.49. The third-order valence-corrected chi connectivity index (χ3v) is 2.91. The zero-order chi connectivity index (χ0) is 9.52. The number of nitrogens with one attached hydrogen (secondary N) is 1. The highest BCUT2D eigenvalue weighted by atomic mass is 15.0. The highest BCUT2D eigenvalue weighted by molar-refractivity contribution is 4.70. The molecule has 1 rings (SSSR count). The maximum atomic E-state index is 3.51. The van der Waals surface area contributed by atoms with Gasteiger partial charge in [0.15, 0.2) is 0 Å². The van der Waals surface area contributed by atoms with Crippen molar-refractivity contribution in [3.63, 3.8) is 0 Å². The number of nitrogens with zero attached hydrogens (tertiary/aromatic N) is 1. The van der Waals surface area contributed by atoms with E-state index in [1.54, 1.807) is 0 Å². The van der Waals surface area contributed by atoms with Crippen molar-refractivity contribution >= 4 is 0 Å². The van der Waals surface area contributed by atoms with Gasteiger partial charge in [-0.25, -0.2) is 0 Å². The molecule has 0 bridgehead atoms. The van der Waals surface area contributed by atoms with E-state index in [0.29, 0.717) is 0 Å². The van der Waals surface area contributed by atoms with Crippen LogP contribution < -0.4 is 5.32 Å². The Kier molecular flexibility index (Phi) is 5.40. The fourth-order valence-electron chi connectivity index (χ4n) is 1.73. The molecule has 1 saturated carbocycles. The summed E-state index contributed by atoms with van der Waals surface area (Å²) in [6.07, 6.45) is 7.13. The topological polar surface area (TPSA) is 15.3 Å². The average molecular weight is 184 g/mol. The van der Waals surface area contributed by atoms with Crippen LogP contribution in [0.5, 0.6) is 0 Å². The van der Waals surface area contributed by atoms with E-state index in [-0.39, 0.29) is 0 Å². The van der Waals surface area contributed by atoms with Gasteiger partial charge >= 0.3 is 0 Å². The lowest BCUT2D eigenvalue weighted by atomic mass is 9.83. The number of hydrogen-bond acceptors (Lipinski definition) is 2. The number of rotatable bonds is 7. The van der Waals surface area contributed by atoms with E-state index >= 15 is 0 Å². The monoisotopic (exact) mass is 184 g/mol. The van der Waals surface area contributed by atoms with Crippen molar-refractivity contribution in [1.82, 2.24) is 10.2 Å². The second kappa shape index (κ2) is 6.39. The largest absolute Gasteiger partial charge is 0.317 e. The third-order valence-electron chi connectivity index (χ3n) is 2.91. The molecule has 0 aromatic carbocycles. The predicted molar refractivity (Wildman–Crippen MR) is 58.0 cm³/mol. The first-order chi connectivity index (χ1) is 6.29. The van der Waals surface area contributed by atoms with Crippen LogP contribution in [0.2, 0.25) is 0 Å². The smallest absolute Gasteiger partial charge is 0.00127 e. The van der Waals surface area contributed by atoms with Gasteiger partial charge in [0.2, 0.25) is 0 Å². The minimum atomic E-state index is 1.06. The lowest BCUT2D eigenvalue weighted by Gasteiger charge is -2.25. The summed E-state index contributed by atoms with van der Waals surface area (Å²) >= 11 is 0. The molecule has 78 valence electrons. The van der Waals surface area contributed by atoms with Crippen molar-refractivity contribution in [3.05, 3.63) is 0 Å². The molecule has 0 unspecified atom stereocenters. The Balaban J connectivity index is 1.73. The van der Waals surface area contributed by atoms with Crippen LogP contribution >= 0.6 is 0 Å². The number of hydrogen-bond donors (Lipinski definition) is 1. The molecule has 0 amide bonds. The van der Waals surface area contributed by atoms with Gasteiger partial charge in [-0.05, 0) is 52.5 Å². The van der Waals surface area contributed by atoms with E-state index in [1.807, 2.05) is 0 Å². The predicted octanol–water partition coefficient (Wildman–Crippen LogP) is 1.72. The highest BCUT2D eigenvalue weighted by Crippen LogP contribution is 2.28. The fraction of sp³-hybridized carbons (Fsp3) is 1.00. The van der Waals surface area contributed by atoms with Crippen molar-refractivity contribution in [3.8, 4) is 0 Å². The van der Waals surface area contributed by atoms with E-state index < -0.39 is 0 Å². The lowest BCUT2D eigenvalue weighted by Crippen LogP contribution is -2.24. The molecule has 0 heterocycles. The third kappa shape index (κ3) is 5.27. The molecular formula is C11H24N2. The van der Waals surface area contributed by atoms with Crippen LogP contribution in [0.15, 0.2) is 0 Å². The molecule has 0 aromatic rings. The molecule has 0 aromatic heterocycles. The molecule has 0 spiro atoms. The zero-order valence-electron chi connectivity index (χ0n) is 9.18. The van der Waals surface area contributed by atoms with Crippen LogP contribution in [-0.4, -0.2) is 38.6 Å². The van der Waals surface area contributed by atoms with Crippen LogP contribution in [0.25, 0.3) is 0 Å². The Labute approximate surface area is 82.7 Å². The van der Waals surface area contributed by atoms with Crippen LogP contribution in [0.3, 0.4) is 0 Å². The molecule has 1 aliphatic carbocycles. The van der Waals surface area contributed by atoms with E-state index in [9.17, 15) is 0 Å². The molecule has 0 saturated heterocycles. The van der Waals surface area contributed by atoms with Gasteiger partial charge in [-0.15, -0.1) is 0 Å². The Morgan fingerprint density at radius 3 is 2.54 bits per heavy atom. The van der Waals surface area contributed by atoms with Gasteiger partial charge < -0.3 is 10.2 Å². The van der Waals surface area contributed by atoms with Crippen LogP contribution in [0, 0.1) is 5.92 Å². The van der Waals surface area contributed by atoms with Crippen molar-refractivity contribution < 1.29 is 0 Å². The summed E-state index contributed by atoms with van der Waals surface area (Å²) in [7, 11) is 4.27. The Morgan fingerprint density at radius 1 is 1.23 bits per heavy atom. The first-order valence-corrected chi connectivity index (χ1v) is 5.64. The minimum Gasteiger partial charge on any atom is -0.317 e. The first kappa shape index (κ1) is 11.0. The average Bonchev–Trinajstić information content (AvgIpc) is 1.99. The minimum absolute atomic E-state index is 1.06. The summed E-state index contributed by atoms with van der Waals surface area (Å²) in [5.41, 5.74) is 0. The standard InChI is InChI=1S/C11H24N2/c1-13(2)10-4-8-12-9-7-11-5-3-6-11/h11-12H,3-10H2,1-2H3. The molecule has 0 aliphatic heterocycles. The highest BCUT2D eigenvalue weighted by Gasteiger charge is 2.15. The molecule has 0 radical (unpaired) electrons. The van der Waals surface area contributed by atoms with Crippen molar-refractivity contribution in [2.45, 2.75) is 32.1 Å². The van der Waals surface area contributed by atoms with Crippen molar-refractivity contribution in [1.29, 1.82) is 0 Å². The summed E-state index contributed by atoms with van der Waals surface area (Å²) in [5.74, 6) is 1.06. The molecule has 2 heteroatoms. The summed E-state index contributed by atoms with van der Waals surface area (Å²) in [6, 6.07) is 0. The summed E-state index contributed by atoms with van der Waals surface area (Å²) in [5, 5.41) is 3.51. The van der Waals surface area contributed by atoms with Crippen LogP contribution in [0.4, 0.5) is 0 Å². The Hall–Kier alpha value is -0.0800. The van der Waals surface area contributed by atoms with Gasteiger partial charge in [-0.3, -0.25) is 0 Å². The van der Waals surface area contributed by atoms with E-state index in [2.05, 4.69) is 24.3 Å². The Morgan fingerprint density at radius 2 is 2.00 bits per heavy atom. The van der Waals surface area contributed by atoms with Gasteiger partial charge in [0.05, 0.1) is 0 Å². The first-order valence-electron chi connectivity index (χ1n) is 5.64. The SMILES string of the molecule is CN(C)CCCNCCC1CCC1. The molecule has 1 N–H and O–H groups in total. The summed E-state index contributed by atoms with van der Waals surface area (Å²) < 4.78 is 0. The summed E-state index contributed by atoms with van der Waals surface area (Å²) in [6.45, 7) is 3.62. The van der Waals surface area contributed by atoms with E-state index in [1.165, 1.54) is 51.7 Å². The Bertz CT molecular complexity index is 119. The van der Waals surface area contributed by atoms with Crippen molar-refractivity contribution in [2.75, 3.05) is 33.7 Å². The molecule has 1 aliphatic rings. The van der Waals surface area contributed by atoms with Crippen molar-refractivity contribution in [2.24, 2.45) is 5.92 Å². The second-order valence-electron chi connectivity index (χ2n) is 4.49. The molecule has 0 atom stereocenters. The van der Waals surface area contributed by atoms with E-state index in [0.717, 1.165) is 5.92 Å². The van der Waals surface area contributed by atoms with Crippen LogP contribution in [-0.2, 0) is 0 Å². The van der Waals surface area contributed by atoms with Gasteiger partial charge in [0, 0.05) is 0 Å². The summed E-state index contributed by atoms with van der Waals surface area (Å²) in [4.78, 5) is 2.24. The molecule has 2 nitrogen and oxygen atoms in total. The van der Waals surface area contributed by atoms with Gasteiger partial charge in [-0.2, -0.15) is 0 Å². The molecular weight excluding hydrogens is 160 g/mol. The fourth-order valence-corrected chi connectivity index (χ4v) is 1.73. The lowest BCUT2D eigenvalue weighted by molar-refractivity contribution is 0.291. The van der Waals surface area contributed by atoms with E-state index in [4.69, 9.17) is 0 Å². The zero-order valence-corrected chi connectivity index (χ0v) is 9.18. The van der Waals surface area contributed by atoms with Crippen LogP contribution in [0.1, 0.15) is 32.1 Å². The van der Waals surface area contributed by atoms with Gasteiger partial charge in [-0.1, -0.05) is 19.3 Å². The van der Waals surface area contributed by atoms with Gasteiger partial charge in [0.25, 0.3) is 0 Å². The maximum absolute atomic E-state index is 3.51. The molecule has 13 heavy (non-hydrogen) atoms. The quantitative estimate of drug-likeness (QED) is 0.606. The normalized spacial score (nSPS) is 17.8. The maximum Gasteiger partial charge on any atom is -0.00127 e. The molecule has 1 fully saturated rings. The van der Waals surface area contributed by atoms with Gasteiger partial charge in [0.1, 0.15) is 0 Å².